The fourth-order valence-corrected chi connectivity index (χ4v) is 4.43. The summed E-state index contributed by atoms with van der Waals surface area (Å²) in [5, 5.41) is 1.79. The van der Waals surface area contributed by atoms with E-state index in [4.69, 9.17) is 23.2 Å². The number of hydrogen-bond acceptors (Lipinski definition) is 3. The second kappa shape index (κ2) is 6.83. The Morgan fingerprint density at radius 2 is 1.80 bits per heavy atom. The minimum absolute atomic E-state index is 0.155. The van der Waals surface area contributed by atoms with Crippen LogP contribution in [0.2, 0.25) is 10.0 Å². The van der Waals surface area contributed by atoms with Crippen LogP contribution in [0.15, 0.2) is 53.9 Å². The van der Waals surface area contributed by atoms with Gasteiger partial charge in [0.25, 0.3) is 5.91 Å². The van der Waals surface area contributed by atoms with Crippen molar-refractivity contribution in [2.45, 2.75) is 13.0 Å². The fourth-order valence-electron chi connectivity index (χ4n) is 2.68. The molecular formula is C18H15Cl2NO3S. The van der Waals surface area contributed by atoms with Gasteiger partial charge in [0.1, 0.15) is 0 Å². The van der Waals surface area contributed by atoms with Crippen LogP contribution in [-0.2, 0) is 9.84 Å². The van der Waals surface area contributed by atoms with E-state index < -0.39 is 15.9 Å². The van der Waals surface area contributed by atoms with Crippen molar-refractivity contribution in [3.05, 3.63) is 75.1 Å². The molecule has 1 aliphatic heterocycles. The zero-order valence-corrected chi connectivity index (χ0v) is 15.6. The summed E-state index contributed by atoms with van der Waals surface area (Å²) >= 11 is 12.1. The molecule has 1 heterocycles. The van der Waals surface area contributed by atoms with Gasteiger partial charge in [-0.2, -0.15) is 0 Å². The van der Waals surface area contributed by atoms with Gasteiger partial charge in [-0.25, -0.2) is 8.42 Å². The molecule has 1 amide bonds. The van der Waals surface area contributed by atoms with Gasteiger partial charge < -0.3 is 4.90 Å². The van der Waals surface area contributed by atoms with Crippen molar-refractivity contribution >= 4 is 44.6 Å². The van der Waals surface area contributed by atoms with Crippen LogP contribution in [-0.4, -0.2) is 26.1 Å². The second-order valence-electron chi connectivity index (χ2n) is 5.86. The molecule has 0 N–H and O–H groups in total. The minimum atomic E-state index is -3.32. The highest BCUT2D eigenvalue weighted by molar-refractivity contribution is 7.94. The summed E-state index contributed by atoms with van der Waals surface area (Å²) in [6.07, 6.45) is 1.52. The third-order valence-electron chi connectivity index (χ3n) is 3.94. The average Bonchev–Trinajstić information content (AvgIpc) is 2.89. The van der Waals surface area contributed by atoms with E-state index in [2.05, 4.69) is 0 Å². The Morgan fingerprint density at radius 1 is 1.12 bits per heavy atom. The van der Waals surface area contributed by atoms with E-state index in [0.717, 1.165) is 11.0 Å². The number of benzene rings is 2. The lowest BCUT2D eigenvalue weighted by Crippen LogP contribution is -2.41. The highest BCUT2D eigenvalue weighted by Crippen LogP contribution is 2.28. The normalized spacial score (nSPS) is 18.3. The molecule has 1 atom stereocenters. The maximum Gasteiger partial charge on any atom is 0.260 e. The predicted molar refractivity (Wildman–Crippen MR) is 101 cm³/mol. The molecule has 3 rings (SSSR count). The lowest BCUT2D eigenvalue weighted by molar-refractivity contribution is 0.0983. The lowest BCUT2D eigenvalue weighted by atomic mass is 10.1. The van der Waals surface area contributed by atoms with E-state index in [1.165, 1.54) is 17.0 Å². The molecule has 25 heavy (non-hydrogen) atoms. The van der Waals surface area contributed by atoms with Crippen LogP contribution in [0.4, 0.5) is 5.69 Å². The summed E-state index contributed by atoms with van der Waals surface area (Å²) in [7, 11) is -3.32. The molecule has 1 unspecified atom stereocenters. The molecule has 0 aliphatic carbocycles. The van der Waals surface area contributed by atoms with Gasteiger partial charge in [0.2, 0.25) is 0 Å². The monoisotopic (exact) mass is 395 g/mol. The second-order valence-corrected chi connectivity index (χ2v) is 8.64. The molecule has 0 radical (unpaired) electrons. The average molecular weight is 396 g/mol. The molecular weight excluding hydrogens is 381 g/mol. The number of rotatable bonds is 3. The highest BCUT2D eigenvalue weighted by Gasteiger charge is 2.32. The zero-order valence-electron chi connectivity index (χ0n) is 13.3. The van der Waals surface area contributed by atoms with Crippen molar-refractivity contribution in [1.29, 1.82) is 0 Å². The van der Waals surface area contributed by atoms with Crippen molar-refractivity contribution in [1.82, 2.24) is 0 Å². The Hall–Kier alpha value is -1.82. The third-order valence-corrected chi connectivity index (χ3v) is 5.86. The number of amides is 1. The lowest BCUT2D eigenvalue weighted by Gasteiger charge is -2.28. The van der Waals surface area contributed by atoms with E-state index in [-0.39, 0.29) is 22.2 Å². The molecule has 0 aromatic heterocycles. The zero-order chi connectivity index (χ0) is 18.2. The number of carbonyl (C=O) groups is 1. The van der Waals surface area contributed by atoms with Gasteiger partial charge in [-0.1, -0.05) is 40.9 Å². The Morgan fingerprint density at radius 3 is 2.36 bits per heavy atom. The molecule has 0 spiro atoms. The van der Waals surface area contributed by atoms with Crippen molar-refractivity contribution in [2.24, 2.45) is 0 Å². The number of sulfone groups is 1. The first kappa shape index (κ1) is 18.0. The molecule has 2 aromatic rings. The van der Waals surface area contributed by atoms with Crippen molar-refractivity contribution in [3.63, 3.8) is 0 Å². The summed E-state index contributed by atoms with van der Waals surface area (Å²) in [5.41, 5.74) is 1.91. The summed E-state index contributed by atoms with van der Waals surface area (Å²) in [6.45, 7) is 1.94. The van der Waals surface area contributed by atoms with Gasteiger partial charge in [0, 0.05) is 16.1 Å². The predicted octanol–water partition coefficient (Wildman–Crippen LogP) is 4.26. The van der Waals surface area contributed by atoms with E-state index >= 15 is 0 Å². The van der Waals surface area contributed by atoms with Crippen LogP contribution in [0.25, 0.3) is 0 Å². The van der Waals surface area contributed by atoms with E-state index in [9.17, 15) is 13.2 Å². The van der Waals surface area contributed by atoms with Crippen LogP contribution in [0.1, 0.15) is 15.9 Å². The SMILES string of the molecule is Cc1ccc(N(C(=O)c2ccc(Cl)cc2Cl)C2C=CS(=O)(=O)C2)cc1. The molecule has 4 nitrogen and oxygen atoms in total. The largest absolute Gasteiger partial charge is 0.300 e. The Kier molecular flexibility index (Phi) is 4.91. The van der Waals surface area contributed by atoms with Gasteiger partial charge >= 0.3 is 0 Å². The third kappa shape index (κ3) is 3.89. The summed E-state index contributed by atoms with van der Waals surface area (Å²) in [5.74, 6) is -0.532. The number of anilines is 1. The summed E-state index contributed by atoms with van der Waals surface area (Å²) in [4.78, 5) is 14.6. The van der Waals surface area contributed by atoms with Crippen LogP contribution >= 0.6 is 23.2 Å². The van der Waals surface area contributed by atoms with Crippen LogP contribution < -0.4 is 4.90 Å². The Balaban J connectivity index is 2.06. The number of halogens is 2. The molecule has 0 fully saturated rings. The standard InChI is InChI=1S/C18H15Cl2NO3S/c1-12-2-5-14(6-3-12)21(15-8-9-25(23,24)11-15)18(22)16-7-4-13(19)10-17(16)20/h2-10,15H,11H2,1H3. The van der Waals surface area contributed by atoms with E-state index in [0.29, 0.717) is 10.7 Å². The highest BCUT2D eigenvalue weighted by atomic mass is 35.5. The first-order valence-corrected chi connectivity index (χ1v) is 10.0. The van der Waals surface area contributed by atoms with Crippen molar-refractivity contribution in [2.75, 3.05) is 10.7 Å². The maximum absolute atomic E-state index is 13.1. The van der Waals surface area contributed by atoms with Crippen LogP contribution in [0.5, 0.6) is 0 Å². The molecule has 7 heteroatoms. The fraction of sp³-hybridized carbons (Fsp3) is 0.167. The smallest absolute Gasteiger partial charge is 0.260 e. The molecule has 0 saturated heterocycles. The molecule has 130 valence electrons. The van der Waals surface area contributed by atoms with E-state index in [1.807, 2.05) is 19.1 Å². The maximum atomic E-state index is 13.1. The van der Waals surface area contributed by atoms with E-state index in [1.54, 1.807) is 24.3 Å². The molecule has 2 aromatic carbocycles. The Labute approximate surface area is 156 Å². The minimum Gasteiger partial charge on any atom is -0.300 e. The number of aryl methyl sites for hydroxylation is 1. The quantitative estimate of drug-likeness (QED) is 0.779. The van der Waals surface area contributed by atoms with Crippen LogP contribution in [0, 0.1) is 6.92 Å². The topological polar surface area (TPSA) is 54.5 Å². The first-order valence-electron chi connectivity index (χ1n) is 7.53. The van der Waals surface area contributed by atoms with Gasteiger partial charge in [-0.05, 0) is 43.3 Å². The van der Waals surface area contributed by atoms with Gasteiger partial charge in [-0.15, -0.1) is 0 Å². The number of carbonyl (C=O) groups excluding carboxylic acids is 1. The van der Waals surface area contributed by atoms with Crippen molar-refractivity contribution < 1.29 is 13.2 Å². The molecule has 1 aliphatic rings. The molecule has 0 saturated carbocycles. The molecule has 0 bridgehead atoms. The van der Waals surface area contributed by atoms with Gasteiger partial charge in [0.15, 0.2) is 9.84 Å². The summed E-state index contributed by atoms with van der Waals surface area (Å²) in [6, 6.07) is 11.3. The Bertz CT molecular complexity index is 953. The first-order chi connectivity index (χ1) is 11.8. The van der Waals surface area contributed by atoms with Crippen LogP contribution in [0.3, 0.4) is 0 Å². The number of hydrogen-bond donors (Lipinski definition) is 0. The number of nitrogens with zero attached hydrogens (tertiary/aromatic N) is 1. The van der Waals surface area contributed by atoms with Gasteiger partial charge in [-0.3, -0.25) is 4.79 Å². The summed E-state index contributed by atoms with van der Waals surface area (Å²) < 4.78 is 23.7. The van der Waals surface area contributed by atoms with Gasteiger partial charge in [0.05, 0.1) is 22.4 Å². The van der Waals surface area contributed by atoms with Crippen molar-refractivity contribution in [3.8, 4) is 0 Å².